The number of nitrogens with one attached hydrogen (secondary N) is 3. The fraction of sp³-hybridized carbons (Fsp3) is 0.500. The lowest BCUT2D eigenvalue weighted by molar-refractivity contribution is -0.132. The Kier molecular flexibility index (Phi) is 11.0. The Hall–Kier alpha value is -2.39. The van der Waals surface area contributed by atoms with E-state index in [-0.39, 0.29) is 30.8 Å². The number of alkyl halides is 2. The molecule has 1 aromatic rings. The van der Waals surface area contributed by atoms with Crippen molar-refractivity contribution in [3.8, 4) is 0 Å². The number of amides is 4. The third kappa shape index (κ3) is 7.86. The van der Waals surface area contributed by atoms with Crippen LogP contribution in [0.4, 0.5) is 4.79 Å². The second-order valence-corrected chi connectivity index (χ2v) is 7.17. The van der Waals surface area contributed by atoms with E-state index in [0.29, 0.717) is 5.56 Å². The molecule has 11 heteroatoms. The van der Waals surface area contributed by atoms with E-state index in [0.717, 1.165) is 5.01 Å². The van der Waals surface area contributed by atoms with Gasteiger partial charge in [0.25, 0.3) is 5.91 Å². The van der Waals surface area contributed by atoms with E-state index in [1.165, 1.54) is 0 Å². The molecule has 1 aromatic carbocycles. The second kappa shape index (κ2) is 12.9. The Labute approximate surface area is 179 Å². The van der Waals surface area contributed by atoms with E-state index in [1.54, 1.807) is 44.2 Å². The third-order valence-electron chi connectivity index (χ3n) is 3.94. The van der Waals surface area contributed by atoms with Crippen molar-refractivity contribution in [1.29, 1.82) is 0 Å². The summed E-state index contributed by atoms with van der Waals surface area (Å²) in [5.41, 5.74) is 0.512. The van der Waals surface area contributed by atoms with Gasteiger partial charge in [-0.3, -0.25) is 14.9 Å². The topological polar surface area (TPSA) is 120 Å². The van der Waals surface area contributed by atoms with Gasteiger partial charge in [0.05, 0.1) is 11.8 Å². The number of urea groups is 1. The number of hydrogen-bond acceptors (Lipinski definition) is 5. The first-order valence-electron chi connectivity index (χ1n) is 9.01. The number of hydrogen-bond donors (Lipinski definition) is 3. The van der Waals surface area contributed by atoms with Crippen LogP contribution in [0.15, 0.2) is 35.6 Å². The number of benzene rings is 1. The van der Waals surface area contributed by atoms with Gasteiger partial charge in [0.15, 0.2) is 6.04 Å². The monoisotopic (exact) mass is 445 g/mol. The van der Waals surface area contributed by atoms with Gasteiger partial charge >= 0.3 is 6.03 Å². The molecule has 29 heavy (non-hydrogen) atoms. The minimum atomic E-state index is -1.08. The molecule has 0 fully saturated rings. The third-order valence-corrected chi connectivity index (χ3v) is 4.30. The van der Waals surface area contributed by atoms with E-state index >= 15 is 0 Å². The molecular weight excluding hydrogens is 421 g/mol. The Bertz CT molecular complexity index is 690. The molecule has 0 saturated heterocycles. The van der Waals surface area contributed by atoms with Crippen LogP contribution in [-0.2, 0) is 9.59 Å². The summed E-state index contributed by atoms with van der Waals surface area (Å²) in [7, 11) is 0. The van der Waals surface area contributed by atoms with E-state index in [2.05, 4.69) is 21.2 Å². The van der Waals surface area contributed by atoms with Gasteiger partial charge in [-0.25, -0.2) is 9.80 Å². The van der Waals surface area contributed by atoms with Crippen LogP contribution in [0.1, 0.15) is 25.5 Å². The molecular formula is C18H25Cl2N5O4. The van der Waals surface area contributed by atoms with Gasteiger partial charge < -0.3 is 10.6 Å². The van der Waals surface area contributed by atoms with Crippen LogP contribution in [-0.4, -0.2) is 53.7 Å². The fourth-order valence-electron chi connectivity index (χ4n) is 2.56. The number of halogens is 2. The number of imide groups is 1. The van der Waals surface area contributed by atoms with E-state index in [9.17, 15) is 19.3 Å². The van der Waals surface area contributed by atoms with E-state index in [4.69, 9.17) is 23.2 Å². The average Bonchev–Trinajstić information content (AvgIpc) is 2.70. The van der Waals surface area contributed by atoms with Gasteiger partial charge in [-0.2, -0.15) is 0 Å². The van der Waals surface area contributed by atoms with Crippen molar-refractivity contribution in [1.82, 2.24) is 21.0 Å². The lowest BCUT2D eigenvalue weighted by Gasteiger charge is -2.28. The zero-order valence-corrected chi connectivity index (χ0v) is 17.7. The van der Waals surface area contributed by atoms with Crippen LogP contribution in [0, 0.1) is 10.8 Å². The van der Waals surface area contributed by atoms with Gasteiger partial charge in [-0.15, -0.1) is 28.1 Å². The molecule has 1 rings (SSSR count). The van der Waals surface area contributed by atoms with Gasteiger partial charge in [0.2, 0.25) is 5.91 Å². The predicted molar refractivity (Wildman–Crippen MR) is 111 cm³/mol. The summed E-state index contributed by atoms with van der Waals surface area (Å²) in [5.74, 6) is -1.36. The molecule has 0 radical (unpaired) electrons. The highest BCUT2D eigenvalue weighted by Crippen LogP contribution is 2.22. The highest BCUT2D eigenvalue weighted by Gasteiger charge is 2.33. The molecule has 0 spiro atoms. The molecule has 0 heterocycles. The smallest absolute Gasteiger partial charge is 0.321 e. The summed E-state index contributed by atoms with van der Waals surface area (Å²) in [6, 6.07) is 5.73. The Morgan fingerprint density at radius 1 is 1.07 bits per heavy atom. The van der Waals surface area contributed by atoms with Crippen LogP contribution in [0.2, 0.25) is 0 Å². The minimum Gasteiger partial charge on any atom is -0.342 e. The van der Waals surface area contributed by atoms with Crippen molar-refractivity contribution in [3.05, 3.63) is 40.8 Å². The maximum absolute atomic E-state index is 13.0. The molecule has 2 unspecified atom stereocenters. The van der Waals surface area contributed by atoms with E-state index in [1.807, 2.05) is 0 Å². The first kappa shape index (κ1) is 24.6. The standard InChI is InChI=1S/C18H25Cl2N5O4/c1-12(2)14(16(26)23-18(28)21-10-8-19)22-17(27)15(25(24-29)11-9-20)13-6-4-3-5-7-13/h3-7,12,14-15H,8-11H2,1-2H3,(H,22,27)(H2,21,23,26,28). The van der Waals surface area contributed by atoms with Crippen molar-refractivity contribution in [2.45, 2.75) is 25.9 Å². The molecule has 9 nitrogen and oxygen atoms in total. The zero-order valence-electron chi connectivity index (χ0n) is 16.2. The van der Waals surface area contributed by atoms with Crippen LogP contribution in [0.3, 0.4) is 0 Å². The van der Waals surface area contributed by atoms with Crippen molar-refractivity contribution in [2.75, 3.05) is 24.8 Å². The number of carbonyl (C=O) groups excluding carboxylic acids is 3. The van der Waals surface area contributed by atoms with Gasteiger partial charge in [0.1, 0.15) is 6.04 Å². The van der Waals surface area contributed by atoms with Crippen LogP contribution < -0.4 is 16.0 Å². The molecule has 4 amide bonds. The SMILES string of the molecule is CC(C)C(NC(=O)C(c1ccccc1)N(CCCl)N=O)C(=O)NC(=O)NCCCl. The average molecular weight is 446 g/mol. The first-order valence-corrected chi connectivity index (χ1v) is 10.1. The second-order valence-electron chi connectivity index (χ2n) is 6.41. The van der Waals surface area contributed by atoms with Crippen molar-refractivity contribution < 1.29 is 14.4 Å². The fourth-order valence-corrected chi connectivity index (χ4v) is 2.83. The summed E-state index contributed by atoms with van der Waals surface area (Å²) >= 11 is 11.2. The minimum absolute atomic E-state index is 0.0391. The largest absolute Gasteiger partial charge is 0.342 e. The van der Waals surface area contributed by atoms with Crippen molar-refractivity contribution in [3.63, 3.8) is 0 Å². The molecule has 160 valence electrons. The lowest BCUT2D eigenvalue weighted by atomic mass is 10.0. The maximum Gasteiger partial charge on any atom is 0.321 e. The maximum atomic E-state index is 13.0. The molecule has 0 bridgehead atoms. The van der Waals surface area contributed by atoms with Crippen LogP contribution in [0.5, 0.6) is 0 Å². The molecule has 0 aromatic heterocycles. The van der Waals surface area contributed by atoms with E-state index < -0.39 is 29.9 Å². The Morgan fingerprint density at radius 3 is 2.24 bits per heavy atom. The van der Waals surface area contributed by atoms with Crippen molar-refractivity contribution in [2.24, 2.45) is 11.2 Å². The van der Waals surface area contributed by atoms with Crippen LogP contribution >= 0.6 is 23.2 Å². The normalized spacial score (nSPS) is 12.6. The summed E-state index contributed by atoms with van der Waals surface area (Å²) in [4.78, 5) is 48.5. The highest BCUT2D eigenvalue weighted by molar-refractivity contribution is 6.18. The molecule has 0 aliphatic rings. The number of nitrogens with zero attached hydrogens (tertiary/aromatic N) is 2. The molecule has 2 atom stereocenters. The quantitative estimate of drug-likeness (QED) is 0.273. The predicted octanol–water partition coefficient (Wildman–Crippen LogP) is 2.16. The molecule has 0 aliphatic heterocycles. The van der Waals surface area contributed by atoms with Crippen molar-refractivity contribution >= 4 is 41.0 Å². The molecule has 0 aliphatic carbocycles. The summed E-state index contributed by atoms with van der Waals surface area (Å²) in [6.45, 7) is 3.66. The van der Waals surface area contributed by atoms with Gasteiger partial charge in [0, 0.05) is 18.3 Å². The highest BCUT2D eigenvalue weighted by atomic mass is 35.5. The van der Waals surface area contributed by atoms with Crippen LogP contribution in [0.25, 0.3) is 0 Å². The number of rotatable bonds is 11. The first-order chi connectivity index (χ1) is 13.8. The molecule has 0 saturated carbocycles. The molecule has 3 N–H and O–H groups in total. The zero-order chi connectivity index (χ0) is 21.8. The lowest BCUT2D eigenvalue weighted by Crippen LogP contribution is -2.55. The number of carbonyl (C=O) groups is 3. The van der Waals surface area contributed by atoms with Gasteiger partial charge in [-0.1, -0.05) is 44.2 Å². The number of nitroso groups, excluding NO2 is 1. The summed E-state index contributed by atoms with van der Waals surface area (Å²) < 4.78 is 0. The summed E-state index contributed by atoms with van der Waals surface area (Å²) in [5, 5.41) is 11.1. The summed E-state index contributed by atoms with van der Waals surface area (Å²) in [6.07, 6.45) is 0. The Balaban J connectivity index is 3.02. The van der Waals surface area contributed by atoms with Gasteiger partial charge in [-0.05, 0) is 11.5 Å². The Morgan fingerprint density at radius 2 is 1.72 bits per heavy atom.